The fraction of sp³-hybridized carbons (Fsp3) is 0.600. The first-order chi connectivity index (χ1) is 6.84. The minimum absolute atomic E-state index is 0.696. The molecule has 1 aromatic heterocycles. The van der Waals surface area contributed by atoms with E-state index in [1.807, 2.05) is 6.07 Å². The number of nitrogens with one attached hydrogen (secondary N) is 1. The normalized spacial score (nSPS) is 19.5. The molecule has 0 aromatic carbocycles. The minimum atomic E-state index is 0.696. The van der Waals surface area contributed by atoms with Crippen LogP contribution in [0.5, 0.6) is 0 Å². The number of anilines is 1. The summed E-state index contributed by atoms with van der Waals surface area (Å²) in [6.07, 6.45) is 6.00. The third kappa shape index (κ3) is 2.42. The van der Waals surface area contributed by atoms with Crippen LogP contribution in [-0.4, -0.2) is 28.1 Å². The van der Waals surface area contributed by atoms with Crippen LogP contribution < -0.4 is 5.43 Å². The van der Waals surface area contributed by atoms with Crippen LogP contribution in [0.3, 0.4) is 0 Å². The van der Waals surface area contributed by atoms with Gasteiger partial charge in [-0.15, -0.1) is 0 Å². The van der Waals surface area contributed by atoms with Gasteiger partial charge in [-0.2, -0.15) is 0 Å². The average Bonchev–Trinajstić information content (AvgIpc) is 2.23. The van der Waals surface area contributed by atoms with E-state index >= 15 is 0 Å². The number of hydrogen-bond acceptors (Lipinski definition) is 4. The van der Waals surface area contributed by atoms with Gasteiger partial charge in [0.05, 0.1) is 0 Å². The third-order valence-electron chi connectivity index (χ3n) is 2.61. The van der Waals surface area contributed by atoms with Crippen LogP contribution >= 0.6 is 0 Å². The summed E-state index contributed by atoms with van der Waals surface area (Å²) in [5.74, 6) is 1.55. The molecule has 0 atom stereocenters. The van der Waals surface area contributed by atoms with E-state index in [0.29, 0.717) is 5.95 Å². The van der Waals surface area contributed by atoms with Gasteiger partial charge >= 0.3 is 0 Å². The summed E-state index contributed by atoms with van der Waals surface area (Å²) < 4.78 is 0. The lowest BCUT2D eigenvalue weighted by molar-refractivity contribution is 0.226. The molecule has 2 heterocycles. The summed E-state index contributed by atoms with van der Waals surface area (Å²) in [7, 11) is 0. The molecule has 1 saturated heterocycles. The highest BCUT2D eigenvalue weighted by Crippen LogP contribution is 2.15. The Bertz CT molecular complexity index is 267. The van der Waals surface area contributed by atoms with Gasteiger partial charge in [0.1, 0.15) is 0 Å². The van der Waals surface area contributed by atoms with Crippen LogP contribution in [0.1, 0.15) is 19.8 Å². The van der Waals surface area contributed by atoms with E-state index < -0.39 is 0 Å². The van der Waals surface area contributed by atoms with E-state index in [-0.39, 0.29) is 0 Å². The number of rotatable bonds is 2. The van der Waals surface area contributed by atoms with Crippen molar-refractivity contribution < 1.29 is 0 Å². The van der Waals surface area contributed by atoms with Crippen molar-refractivity contribution >= 4 is 5.95 Å². The molecule has 14 heavy (non-hydrogen) atoms. The van der Waals surface area contributed by atoms with Crippen molar-refractivity contribution in [2.24, 2.45) is 5.92 Å². The highest BCUT2D eigenvalue weighted by molar-refractivity contribution is 5.20. The maximum Gasteiger partial charge on any atom is 0.237 e. The monoisotopic (exact) mass is 192 g/mol. The maximum absolute atomic E-state index is 4.13. The van der Waals surface area contributed by atoms with Crippen molar-refractivity contribution in [2.75, 3.05) is 18.5 Å². The molecule has 1 aliphatic rings. The Labute approximate surface area is 84.3 Å². The zero-order valence-electron chi connectivity index (χ0n) is 8.48. The molecule has 2 rings (SSSR count). The predicted molar refractivity (Wildman–Crippen MR) is 55.6 cm³/mol. The van der Waals surface area contributed by atoms with Gasteiger partial charge in [-0.05, 0) is 24.8 Å². The second-order valence-corrected chi connectivity index (χ2v) is 3.85. The fourth-order valence-electron chi connectivity index (χ4n) is 1.62. The van der Waals surface area contributed by atoms with Crippen LogP contribution in [0.2, 0.25) is 0 Å². The van der Waals surface area contributed by atoms with Gasteiger partial charge in [0.15, 0.2) is 0 Å². The Morgan fingerprint density at radius 3 is 2.57 bits per heavy atom. The molecule has 1 aliphatic heterocycles. The minimum Gasteiger partial charge on any atom is -0.287 e. The lowest BCUT2D eigenvalue weighted by atomic mass is 10.0. The quantitative estimate of drug-likeness (QED) is 0.771. The third-order valence-corrected chi connectivity index (χ3v) is 2.61. The summed E-state index contributed by atoms with van der Waals surface area (Å²) in [5.41, 5.74) is 3.21. The van der Waals surface area contributed by atoms with Crippen molar-refractivity contribution in [1.29, 1.82) is 0 Å². The summed E-state index contributed by atoms with van der Waals surface area (Å²) in [5, 5.41) is 2.19. The van der Waals surface area contributed by atoms with Crippen molar-refractivity contribution in [3.8, 4) is 0 Å². The molecule has 1 aromatic rings. The second kappa shape index (κ2) is 4.37. The molecular weight excluding hydrogens is 176 g/mol. The first kappa shape index (κ1) is 9.40. The summed E-state index contributed by atoms with van der Waals surface area (Å²) in [4.78, 5) is 8.26. The Balaban J connectivity index is 1.87. The van der Waals surface area contributed by atoms with Crippen LogP contribution in [0.4, 0.5) is 5.95 Å². The molecule has 0 spiro atoms. The van der Waals surface area contributed by atoms with Crippen molar-refractivity contribution in [3.05, 3.63) is 18.5 Å². The number of piperidine rings is 1. The van der Waals surface area contributed by atoms with E-state index in [2.05, 4.69) is 27.3 Å². The summed E-state index contributed by atoms with van der Waals surface area (Å²) in [6, 6.07) is 1.82. The Morgan fingerprint density at radius 1 is 1.29 bits per heavy atom. The highest BCUT2D eigenvalue weighted by atomic mass is 15.5. The van der Waals surface area contributed by atoms with Crippen LogP contribution in [-0.2, 0) is 0 Å². The molecule has 4 heteroatoms. The van der Waals surface area contributed by atoms with Gasteiger partial charge in [-0.25, -0.2) is 15.0 Å². The zero-order valence-corrected chi connectivity index (χ0v) is 8.48. The van der Waals surface area contributed by atoms with Crippen molar-refractivity contribution in [3.63, 3.8) is 0 Å². The molecule has 0 saturated carbocycles. The highest BCUT2D eigenvalue weighted by Gasteiger charge is 2.15. The van der Waals surface area contributed by atoms with E-state index in [0.717, 1.165) is 19.0 Å². The molecule has 0 amide bonds. The molecule has 0 radical (unpaired) electrons. The van der Waals surface area contributed by atoms with E-state index in [9.17, 15) is 0 Å². The predicted octanol–water partition coefficient (Wildman–Crippen LogP) is 1.54. The largest absolute Gasteiger partial charge is 0.287 e. The SMILES string of the molecule is CC1CCN(Nc2ncccn2)CC1. The zero-order chi connectivity index (χ0) is 9.80. The van der Waals surface area contributed by atoms with E-state index in [4.69, 9.17) is 0 Å². The standard InChI is InChI=1S/C10H16N4/c1-9-3-7-14(8-4-9)13-10-11-5-2-6-12-10/h2,5-6,9H,3-4,7-8H2,1H3,(H,11,12,13). The van der Waals surface area contributed by atoms with Crippen molar-refractivity contribution in [2.45, 2.75) is 19.8 Å². The summed E-state index contributed by atoms with van der Waals surface area (Å²) in [6.45, 7) is 4.47. The number of hydrogen-bond donors (Lipinski definition) is 1. The van der Waals surface area contributed by atoms with Gasteiger partial charge in [0.25, 0.3) is 0 Å². The first-order valence-corrected chi connectivity index (χ1v) is 5.13. The Hall–Kier alpha value is -1.16. The van der Waals surface area contributed by atoms with Crippen LogP contribution in [0, 0.1) is 5.92 Å². The molecule has 0 aliphatic carbocycles. The topological polar surface area (TPSA) is 41.0 Å². The lowest BCUT2D eigenvalue weighted by Crippen LogP contribution is -2.37. The van der Waals surface area contributed by atoms with Crippen LogP contribution in [0.25, 0.3) is 0 Å². The first-order valence-electron chi connectivity index (χ1n) is 5.13. The summed E-state index contributed by atoms with van der Waals surface area (Å²) >= 11 is 0. The Kier molecular flexibility index (Phi) is 2.93. The van der Waals surface area contributed by atoms with Gasteiger partial charge in [0.2, 0.25) is 5.95 Å². The lowest BCUT2D eigenvalue weighted by Gasteiger charge is -2.30. The molecule has 0 unspecified atom stereocenters. The molecule has 0 bridgehead atoms. The number of aromatic nitrogens is 2. The van der Waals surface area contributed by atoms with Crippen LogP contribution in [0.15, 0.2) is 18.5 Å². The molecule has 76 valence electrons. The van der Waals surface area contributed by atoms with E-state index in [1.54, 1.807) is 12.4 Å². The van der Waals surface area contributed by atoms with Gasteiger partial charge in [0, 0.05) is 25.5 Å². The maximum atomic E-state index is 4.13. The number of nitrogens with zero attached hydrogens (tertiary/aromatic N) is 3. The molecular formula is C10H16N4. The number of hydrazine groups is 1. The average molecular weight is 192 g/mol. The van der Waals surface area contributed by atoms with Gasteiger partial charge in [-0.3, -0.25) is 5.43 Å². The Morgan fingerprint density at radius 2 is 1.93 bits per heavy atom. The molecule has 1 fully saturated rings. The van der Waals surface area contributed by atoms with Gasteiger partial charge < -0.3 is 0 Å². The molecule has 4 nitrogen and oxygen atoms in total. The molecule has 1 N–H and O–H groups in total. The van der Waals surface area contributed by atoms with Crippen molar-refractivity contribution in [1.82, 2.24) is 15.0 Å². The van der Waals surface area contributed by atoms with Gasteiger partial charge in [-0.1, -0.05) is 6.92 Å². The smallest absolute Gasteiger partial charge is 0.237 e. The second-order valence-electron chi connectivity index (χ2n) is 3.85. The fourth-order valence-corrected chi connectivity index (χ4v) is 1.62. The van der Waals surface area contributed by atoms with E-state index in [1.165, 1.54) is 12.8 Å².